The first-order chi connectivity index (χ1) is 9.25. The van der Waals surface area contributed by atoms with Crippen molar-refractivity contribution in [2.45, 2.75) is 23.8 Å². The van der Waals surface area contributed by atoms with Crippen LogP contribution in [0.1, 0.15) is 23.3 Å². The van der Waals surface area contributed by atoms with Crippen molar-refractivity contribution in [1.29, 1.82) is 0 Å². The predicted molar refractivity (Wildman–Crippen MR) is 68.5 cm³/mol. The van der Waals surface area contributed by atoms with Crippen molar-refractivity contribution in [1.82, 2.24) is 8.87 Å². The largest absolute Gasteiger partial charge is 0.477 e. The number of aryl methyl sites for hydroxylation is 1. The molecular weight excluding hydrogens is 286 g/mol. The molecule has 0 bridgehead atoms. The first-order valence-electron chi connectivity index (χ1n) is 5.96. The average molecular weight is 301 g/mol. The standard InChI is InChI=1S/C11H15N3O5S/c1-13-6-7(5-9(13)11(16)17)20(18,19)14-4-2-3-8(14)10(12)15/h5-6,8H,2-4H2,1H3,(H2,12,15)(H,16,17). The summed E-state index contributed by atoms with van der Waals surface area (Å²) in [4.78, 5) is 22.1. The van der Waals surface area contributed by atoms with Crippen LogP contribution in [0.25, 0.3) is 0 Å². The molecule has 8 nitrogen and oxygen atoms in total. The van der Waals surface area contributed by atoms with Gasteiger partial charge in [0.25, 0.3) is 0 Å². The average Bonchev–Trinajstić information content (AvgIpc) is 2.94. The summed E-state index contributed by atoms with van der Waals surface area (Å²) in [6.45, 7) is 0.202. The van der Waals surface area contributed by atoms with Gasteiger partial charge in [0.05, 0.1) is 0 Å². The molecule has 3 N–H and O–H groups in total. The van der Waals surface area contributed by atoms with Crippen LogP contribution in [-0.2, 0) is 21.9 Å². The number of amides is 1. The van der Waals surface area contributed by atoms with E-state index in [9.17, 15) is 18.0 Å². The lowest BCUT2D eigenvalue weighted by Gasteiger charge is -2.20. The second-order valence-electron chi connectivity index (χ2n) is 4.65. The third-order valence-electron chi connectivity index (χ3n) is 3.34. The van der Waals surface area contributed by atoms with Crippen LogP contribution in [0.15, 0.2) is 17.2 Å². The lowest BCUT2D eigenvalue weighted by Crippen LogP contribution is -2.43. The fourth-order valence-electron chi connectivity index (χ4n) is 2.34. The highest BCUT2D eigenvalue weighted by Gasteiger charge is 2.39. The number of carboxylic acids is 1. The number of carboxylic acid groups (broad SMARTS) is 1. The summed E-state index contributed by atoms with van der Waals surface area (Å²) in [5.41, 5.74) is 5.06. The zero-order valence-corrected chi connectivity index (χ0v) is 11.6. The Balaban J connectivity index is 2.43. The Bertz CT molecular complexity index is 664. The zero-order valence-electron chi connectivity index (χ0n) is 10.8. The SMILES string of the molecule is Cn1cc(S(=O)(=O)N2CCCC2C(N)=O)cc1C(=O)O. The van der Waals surface area contributed by atoms with E-state index in [1.54, 1.807) is 0 Å². The van der Waals surface area contributed by atoms with E-state index >= 15 is 0 Å². The van der Waals surface area contributed by atoms with Gasteiger partial charge in [-0.05, 0) is 18.9 Å². The van der Waals surface area contributed by atoms with Gasteiger partial charge in [-0.1, -0.05) is 0 Å². The molecule has 1 aromatic heterocycles. The van der Waals surface area contributed by atoms with Crippen LogP contribution in [0.3, 0.4) is 0 Å². The molecular formula is C11H15N3O5S. The van der Waals surface area contributed by atoms with Gasteiger partial charge in [-0.2, -0.15) is 4.31 Å². The predicted octanol–water partition coefficient (Wildman–Crippen LogP) is -0.638. The molecule has 1 aromatic rings. The van der Waals surface area contributed by atoms with Crippen LogP contribution >= 0.6 is 0 Å². The van der Waals surface area contributed by atoms with Crippen molar-refractivity contribution in [2.24, 2.45) is 12.8 Å². The van der Waals surface area contributed by atoms with E-state index in [2.05, 4.69) is 0 Å². The van der Waals surface area contributed by atoms with Gasteiger partial charge in [0.1, 0.15) is 16.6 Å². The molecule has 0 saturated carbocycles. The maximum atomic E-state index is 12.4. The summed E-state index contributed by atoms with van der Waals surface area (Å²) in [7, 11) is -2.48. The number of aromatic carboxylic acids is 1. The minimum absolute atomic E-state index is 0.140. The highest BCUT2D eigenvalue weighted by Crippen LogP contribution is 2.26. The first-order valence-corrected chi connectivity index (χ1v) is 7.40. The van der Waals surface area contributed by atoms with Crippen LogP contribution in [0, 0.1) is 0 Å². The number of rotatable bonds is 4. The topological polar surface area (TPSA) is 123 Å². The monoisotopic (exact) mass is 301 g/mol. The molecule has 1 fully saturated rings. The third kappa shape index (κ3) is 2.29. The summed E-state index contributed by atoms with van der Waals surface area (Å²) in [5.74, 6) is -1.91. The van der Waals surface area contributed by atoms with Crippen LogP contribution < -0.4 is 5.73 Å². The maximum Gasteiger partial charge on any atom is 0.352 e. The van der Waals surface area contributed by atoms with E-state index < -0.39 is 27.9 Å². The van der Waals surface area contributed by atoms with Crippen LogP contribution in [-0.4, -0.2) is 46.9 Å². The molecule has 2 heterocycles. The number of hydrogen-bond donors (Lipinski definition) is 2. The number of carbonyl (C=O) groups excluding carboxylic acids is 1. The normalized spacial score (nSPS) is 20.1. The van der Waals surface area contributed by atoms with Gasteiger partial charge in [-0.25, -0.2) is 13.2 Å². The van der Waals surface area contributed by atoms with Crippen molar-refractivity contribution >= 4 is 21.9 Å². The molecule has 2 rings (SSSR count). The van der Waals surface area contributed by atoms with E-state index in [1.807, 2.05) is 0 Å². The van der Waals surface area contributed by atoms with E-state index in [-0.39, 0.29) is 17.1 Å². The van der Waals surface area contributed by atoms with Crippen LogP contribution in [0.4, 0.5) is 0 Å². The molecule has 0 spiro atoms. The Morgan fingerprint density at radius 1 is 1.45 bits per heavy atom. The van der Waals surface area contributed by atoms with Gasteiger partial charge < -0.3 is 15.4 Å². The number of nitrogens with two attached hydrogens (primary N) is 1. The molecule has 1 aliphatic heterocycles. The maximum absolute atomic E-state index is 12.4. The third-order valence-corrected chi connectivity index (χ3v) is 5.21. The number of hydrogen-bond acceptors (Lipinski definition) is 4. The number of sulfonamides is 1. The van der Waals surface area contributed by atoms with Crippen molar-refractivity contribution in [3.8, 4) is 0 Å². The van der Waals surface area contributed by atoms with Gasteiger partial charge in [0.15, 0.2) is 0 Å². The lowest BCUT2D eigenvalue weighted by atomic mass is 10.2. The second kappa shape index (κ2) is 4.91. The molecule has 20 heavy (non-hydrogen) atoms. The highest BCUT2D eigenvalue weighted by atomic mass is 32.2. The number of aromatic nitrogens is 1. The molecule has 0 radical (unpaired) electrons. The van der Waals surface area contributed by atoms with Crippen LogP contribution in [0.2, 0.25) is 0 Å². The molecule has 1 atom stereocenters. The Kier molecular flexibility index (Phi) is 3.57. The highest BCUT2D eigenvalue weighted by molar-refractivity contribution is 7.89. The Morgan fingerprint density at radius 2 is 2.10 bits per heavy atom. The summed E-state index contributed by atoms with van der Waals surface area (Å²) < 4.78 is 27.1. The molecule has 1 amide bonds. The van der Waals surface area contributed by atoms with Gasteiger partial charge in [0, 0.05) is 19.8 Å². The minimum Gasteiger partial charge on any atom is -0.477 e. The minimum atomic E-state index is -3.92. The Morgan fingerprint density at radius 3 is 2.60 bits per heavy atom. The van der Waals surface area contributed by atoms with Crippen molar-refractivity contribution in [3.63, 3.8) is 0 Å². The lowest BCUT2D eigenvalue weighted by molar-refractivity contribution is -0.121. The molecule has 110 valence electrons. The molecule has 0 aliphatic carbocycles. The Labute approximate surface area is 115 Å². The zero-order chi connectivity index (χ0) is 15.1. The summed E-state index contributed by atoms with van der Waals surface area (Å²) in [6.07, 6.45) is 2.15. The summed E-state index contributed by atoms with van der Waals surface area (Å²) in [6, 6.07) is 0.210. The smallest absolute Gasteiger partial charge is 0.352 e. The van der Waals surface area contributed by atoms with E-state index in [1.165, 1.54) is 17.8 Å². The van der Waals surface area contributed by atoms with Crippen molar-refractivity contribution in [3.05, 3.63) is 18.0 Å². The summed E-state index contributed by atoms with van der Waals surface area (Å²) >= 11 is 0. The first kappa shape index (κ1) is 14.5. The van der Waals surface area contributed by atoms with E-state index in [0.717, 1.165) is 10.4 Å². The number of carbonyl (C=O) groups is 2. The van der Waals surface area contributed by atoms with Crippen molar-refractivity contribution < 1.29 is 23.1 Å². The quantitative estimate of drug-likeness (QED) is 0.766. The van der Waals surface area contributed by atoms with Gasteiger partial charge >= 0.3 is 5.97 Å². The number of primary amides is 1. The Hall–Kier alpha value is -1.87. The van der Waals surface area contributed by atoms with Gasteiger partial charge in [-0.3, -0.25) is 4.79 Å². The fraction of sp³-hybridized carbons (Fsp3) is 0.455. The van der Waals surface area contributed by atoms with Crippen LogP contribution in [0.5, 0.6) is 0 Å². The van der Waals surface area contributed by atoms with Gasteiger partial charge in [0.2, 0.25) is 15.9 Å². The fourth-order valence-corrected chi connectivity index (χ4v) is 4.07. The molecule has 0 aromatic carbocycles. The number of nitrogens with zero attached hydrogens (tertiary/aromatic N) is 2. The van der Waals surface area contributed by atoms with Gasteiger partial charge in [-0.15, -0.1) is 0 Å². The molecule has 9 heteroatoms. The molecule has 1 aliphatic rings. The van der Waals surface area contributed by atoms with E-state index in [4.69, 9.17) is 10.8 Å². The molecule has 1 unspecified atom stereocenters. The van der Waals surface area contributed by atoms with E-state index in [0.29, 0.717) is 12.8 Å². The van der Waals surface area contributed by atoms with Crippen molar-refractivity contribution in [2.75, 3.05) is 6.54 Å². The second-order valence-corrected chi connectivity index (χ2v) is 6.54. The molecule has 1 saturated heterocycles. The summed E-state index contributed by atoms with van der Waals surface area (Å²) in [5, 5.41) is 8.95.